The van der Waals surface area contributed by atoms with Crippen LogP contribution in [0.2, 0.25) is 0 Å². The second-order valence-corrected chi connectivity index (χ2v) is 3.09. The number of rotatable bonds is 4. The summed E-state index contributed by atoms with van der Waals surface area (Å²) in [6.07, 6.45) is 0.846. The number of hydrogen-bond acceptors (Lipinski definition) is 3. The maximum atomic E-state index is 10.7. The number of nitrogens with one attached hydrogen (secondary N) is 1. The van der Waals surface area contributed by atoms with Crippen molar-refractivity contribution in [3.8, 4) is 0 Å². The Morgan fingerprint density at radius 1 is 1.64 bits per heavy atom. The molecule has 0 aromatic heterocycles. The van der Waals surface area contributed by atoms with Gasteiger partial charge in [0, 0.05) is 6.54 Å². The zero-order valence-electron chi connectivity index (χ0n) is 6.55. The Bertz CT molecular complexity index is 145. The van der Waals surface area contributed by atoms with Gasteiger partial charge in [-0.05, 0) is 25.4 Å². The van der Waals surface area contributed by atoms with E-state index in [-0.39, 0.29) is 11.8 Å². The standard InChI is InChI=1S/C7H15N3O/c8-2-6(7(9)11)1-5-3-10-4-5/h5-6,10H,1-4,8H2,(H2,9,11). The van der Waals surface area contributed by atoms with Crippen LogP contribution in [0.4, 0.5) is 0 Å². The molecule has 5 N–H and O–H groups in total. The first-order valence-electron chi connectivity index (χ1n) is 3.94. The lowest BCUT2D eigenvalue weighted by Gasteiger charge is -2.29. The Labute approximate surface area is 66.3 Å². The third kappa shape index (κ3) is 2.17. The van der Waals surface area contributed by atoms with Crippen molar-refractivity contribution in [1.29, 1.82) is 0 Å². The Hall–Kier alpha value is -0.610. The van der Waals surface area contributed by atoms with Crippen molar-refractivity contribution < 1.29 is 4.79 Å². The number of nitrogens with two attached hydrogens (primary N) is 2. The summed E-state index contributed by atoms with van der Waals surface area (Å²) in [5.41, 5.74) is 10.5. The Morgan fingerprint density at radius 3 is 2.55 bits per heavy atom. The van der Waals surface area contributed by atoms with Crippen molar-refractivity contribution in [3.05, 3.63) is 0 Å². The van der Waals surface area contributed by atoms with Gasteiger partial charge in [-0.1, -0.05) is 0 Å². The van der Waals surface area contributed by atoms with E-state index >= 15 is 0 Å². The van der Waals surface area contributed by atoms with Gasteiger partial charge < -0.3 is 16.8 Å². The molecule has 0 aliphatic carbocycles. The van der Waals surface area contributed by atoms with Crippen LogP contribution in [0.25, 0.3) is 0 Å². The molecular formula is C7H15N3O. The van der Waals surface area contributed by atoms with Crippen LogP contribution in [0.15, 0.2) is 0 Å². The van der Waals surface area contributed by atoms with Crippen LogP contribution in [0.5, 0.6) is 0 Å². The molecule has 1 fully saturated rings. The van der Waals surface area contributed by atoms with Crippen molar-refractivity contribution in [1.82, 2.24) is 5.32 Å². The van der Waals surface area contributed by atoms with E-state index in [9.17, 15) is 4.79 Å². The van der Waals surface area contributed by atoms with Gasteiger partial charge in [0.25, 0.3) is 0 Å². The minimum atomic E-state index is -0.264. The van der Waals surface area contributed by atoms with Gasteiger partial charge in [-0.3, -0.25) is 4.79 Å². The molecule has 1 aliphatic heterocycles. The molecule has 11 heavy (non-hydrogen) atoms. The van der Waals surface area contributed by atoms with Crippen LogP contribution in [0, 0.1) is 11.8 Å². The average molecular weight is 157 g/mol. The molecule has 0 radical (unpaired) electrons. The monoisotopic (exact) mass is 157 g/mol. The van der Waals surface area contributed by atoms with E-state index in [1.54, 1.807) is 0 Å². The highest BCUT2D eigenvalue weighted by Crippen LogP contribution is 2.14. The molecule has 64 valence electrons. The molecule has 0 bridgehead atoms. The van der Waals surface area contributed by atoms with E-state index < -0.39 is 0 Å². The summed E-state index contributed by atoms with van der Waals surface area (Å²) in [4.78, 5) is 10.7. The molecule has 1 amide bonds. The predicted molar refractivity (Wildman–Crippen MR) is 42.7 cm³/mol. The molecule has 1 rings (SSSR count). The van der Waals surface area contributed by atoms with Crippen LogP contribution in [0.1, 0.15) is 6.42 Å². The SMILES string of the molecule is NCC(CC1CNC1)C(N)=O. The first-order valence-corrected chi connectivity index (χ1v) is 3.94. The summed E-state index contributed by atoms with van der Waals surface area (Å²) in [6.45, 7) is 2.39. The zero-order chi connectivity index (χ0) is 8.27. The smallest absolute Gasteiger partial charge is 0.221 e. The summed E-state index contributed by atoms with van der Waals surface area (Å²) in [5.74, 6) is 0.220. The first kappa shape index (κ1) is 8.49. The van der Waals surface area contributed by atoms with Crippen LogP contribution >= 0.6 is 0 Å². The van der Waals surface area contributed by atoms with Crippen molar-refractivity contribution in [2.45, 2.75) is 6.42 Å². The molecule has 1 saturated heterocycles. The van der Waals surface area contributed by atoms with Gasteiger partial charge in [0.1, 0.15) is 0 Å². The largest absolute Gasteiger partial charge is 0.369 e. The summed E-state index contributed by atoms with van der Waals surface area (Å²) in [5, 5.41) is 3.14. The zero-order valence-corrected chi connectivity index (χ0v) is 6.55. The van der Waals surface area contributed by atoms with Crippen molar-refractivity contribution >= 4 is 5.91 Å². The quantitative estimate of drug-likeness (QED) is 0.472. The fourth-order valence-electron chi connectivity index (χ4n) is 1.25. The Kier molecular flexibility index (Phi) is 2.84. The predicted octanol–water partition coefficient (Wildman–Crippen LogP) is -1.34. The van der Waals surface area contributed by atoms with Gasteiger partial charge in [-0.15, -0.1) is 0 Å². The fraction of sp³-hybridized carbons (Fsp3) is 0.857. The molecule has 4 heteroatoms. The van der Waals surface area contributed by atoms with Crippen LogP contribution < -0.4 is 16.8 Å². The van der Waals surface area contributed by atoms with Crippen LogP contribution in [0.3, 0.4) is 0 Å². The highest BCUT2D eigenvalue weighted by molar-refractivity contribution is 5.76. The maximum Gasteiger partial charge on any atom is 0.221 e. The topological polar surface area (TPSA) is 81.1 Å². The molecule has 1 heterocycles. The van der Waals surface area contributed by atoms with E-state index in [0.29, 0.717) is 12.5 Å². The van der Waals surface area contributed by atoms with Crippen molar-refractivity contribution in [2.24, 2.45) is 23.3 Å². The lowest BCUT2D eigenvalue weighted by atomic mass is 9.90. The van der Waals surface area contributed by atoms with E-state index in [1.165, 1.54) is 0 Å². The van der Waals surface area contributed by atoms with E-state index in [4.69, 9.17) is 11.5 Å². The van der Waals surface area contributed by atoms with Crippen molar-refractivity contribution in [3.63, 3.8) is 0 Å². The summed E-state index contributed by atoms with van der Waals surface area (Å²) in [6, 6.07) is 0. The average Bonchev–Trinajstić information content (AvgIpc) is 1.85. The van der Waals surface area contributed by atoms with Gasteiger partial charge in [-0.25, -0.2) is 0 Å². The molecule has 1 aliphatic rings. The van der Waals surface area contributed by atoms with Gasteiger partial charge in [0.2, 0.25) is 5.91 Å². The fourth-order valence-corrected chi connectivity index (χ4v) is 1.25. The highest BCUT2D eigenvalue weighted by atomic mass is 16.1. The van der Waals surface area contributed by atoms with Gasteiger partial charge in [0.05, 0.1) is 5.92 Å². The van der Waals surface area contributed by atoms with E-state index in [2.05, 4.69) is 5.32 Å². The lowest BCUT2D eigenvalue weighted by molar-refractivity contribution is -0.122. The van der Waals surface area contributed by atoms with Crippen LogP contribution in [-0.4, -0.2) is 25.5 Å². The first-order chi connectivity index (χ1) is 5.24. The van der Waals surface area contributed by atoms with E-state index in [0.717, 1.165) is 19.5 Å². The third-order valence-electron chi connectivity index (χ3n) is 2.17. The van der Waals surface area contributed by atoms with Crippen molar-refractivity contribution in [2.75, 3.05) is 19.6 Å². The van der Waals surface area contributed by atoms with Crippen LogP contribution in [-0.2, 0) is 4.79 Å². The minimum Gasteiger partial charge on any atom is -0.369 e. The minimum absolute atomic E-state index is 0.123. The number of primary amides is 1. The second kappa shape index (κ2) is 3.69. The summed E-state index contributed by atoms with van der Waals surface area (Å²) >= 11 is 0. The van der Waals surface area contributed by atoms with E-state index in [1.807, 2.05) is 0 Å². The lowest BCUT2D eigenvalue weighted by Crippen LogP contribution is -2.45. The van der Waals surface area contributed by atoms with Gasteiger partial charge >= 0.3 is 0 Å². The number of hydrogen-bond donors (Lipinski definition) is 3. The number of amides is 1. The number of carbonyl (C=O) groups excluding carboxylic acids is 1. The third-order valence-corrected chi connectivity index (χ3v) is 2.17. The molecule has 4 nitrogen and oxygen atoms in total. The normalized spacial score (nSPS) is 20.8. The molecule has 0 spiro atoms. The Morgan fingerprint density at radius 2 is 2.27 bits per heavy atom. The summed E-state index contributed by atoms with van der Waals surface area (Å²) < 4.78 is 0. The maximum absolute atomic E-state index is 10.7. The molecular weight excluding hydrogens is 142 g/mol. The molecule has 1 unspecified atom stereocenters. The highest BCUT2D eigenvalue weighted by Gasteiger charge is 2.23. The molecule has 0 aromatic rings. The molecule has 0 saturated carbocycles. The Balaban J connectivity index is 2.24. The van der Waals surface area contributed by atoms with Gasteiger partial charge in [-0.2, -0.15) is 0 Å². The molecule has 1 atom stereocenters. The molecule has 0 aromatic carbocycles. The summed E-state index contributed by atoms with van der Waals surface area (Å²) in [7, 11) is 0. The second-order valence-electron chi connectivity index (χ2n) is 3.09. The van der Waals surface area contributed by atoms with Gasteiger partial charge in [0.15, 0.2) is 0 Å². The number of carbonyl (C=O) groups is 1.